The van der Waals surface area contributed by atoms with Gasteiger partial charge in [0.1, 0.15) is 5.75 Å². The Bertz CT molecular complexity index is 590. The first kappa shape index (κ1) is 17.5. The van der Waals surface area contributed by atoms with E-state index in [2.05, 4.69) is 13.8 Å². The molecule has 2 N–H and O–H groups in total. The number of benzene rings is 1. The predicted molar refractivity (Wildman–Crippen MR) is 91.0 cm³/mol. The lowest BCUT2D eigenvalue weighted by Crippen LogP contribution is -2.27. The smallest absolute Gasteiger partial charge is 0.221 e. The van der Waals surface area contributed by atoms with Crippen LogP contribution in [0.1, 0.15) is 49.3 Å². The summed E-state index contributed by atoms with van der Waals surface area (Å²) in [6.45, 7) is 7.48. The molecule has 1 aliphatic heterocycles. The Labute approximate surface area is 138 Å². The van der Waals surface area contributed by atoms with Crippen molar-refractivity contribution in [1.82, 2.24) is 0 Å². The van der Waals surface area contributed by atoms with Crippen molar-refractivity contribution in [2.75, 3.05) is 20.3 Å². The number of hydrogen-bond donors (Lipinski definition) is 2. The molecule has 1 aliphatic rings. The van der Waals surface area contributed by atoms with Crippen LogP contribution in [0.15, 0.2) is 12.1 Å². The highest BCUT2D eigenvalue weighted by Crippen LogP contribution is 2.30. The van der Waals surface area contributed by atoms with Crippen molar-refractivity contribution in [3.05, 3.63) is 28.8 Å². The lowest BCUT2D eigenvalue weighted by Gasteiger charge is -2.23. The summed E-state index contributed by atoms with van der Waals surface area (Å²) in [6, 6.07) is 3.87. The minimum atomic E-state index is 0.00704. The molecule has 0 unspecified atom stereocenters. The molecule has 126 valence electrons. The van der Waals surface area contributed by atoms with E-state index in [0.717, 1.165) is 29.7 Å². The van der Waals surface area contributed by atoms with Crippen LogP contribution in [0.2, 0.25) is 0 Å². The first-order chi connectivity index (χ1) is 10.9. The van der Waals surface area contributed by atoms with E-state index in [9.17, 15) is 0 Å². The minimum absolute atomic E-state index is 0.00704. The number of methoxy groups -OCH3 is 1. The molecule has 1 saturated heterocycles. The van der Waals surface area contributed by atoms with Gasteiger partial charge in [-0.3, -0.25) is 10.8 Å². The Balaban J connectivity index is 2.17. The second-order valence-corrected chi connectivity index (χ2v) is 6.25. The van der Waals surface area contributed by atoms with Crippen LogP contribution in [-0.2, 0) is 9.47 Å². The third-order valence-corrected chi connectivity index (χ3v) is 4.25. The van der Waals surface area contributed by atoms with Crippen molar-refractivity contribution >= 4 is 11.8 Å². The molecule has 5 heteroatoms. The quantitative estimate of drug-likeness (QED) is 0.653. The van der Waals surface area contributed by atoms with Gasteiger partial charge in [0, 0.05) is 24.7 Å². The molecule has 0 amide bonds. The average molecular weight is 318 g/mol. The molecule has 1 fully saturated rings. The molecule has 1 heterocycles. The van der Waals surface area contributed by atoms with Gasteiger partial charge < -0.3 is 14.2 Å². The second-order valence-electron chi connectivity index (χ2n) is 6.25. The molecule has 5 nitrogen and oxygen atoms in total. The number of rotatable bonds is 4. The number of aryl methyl sites for hydroxylation is 1. The Hall–Kier alpha value is -1.88. The van der Waals surface area contributed by atoms with Gasteiger partial charge in [0.05, 0.1) is 7.11 Å². The van der Waals surface area contributed by atoms with Crippen LogP contribution in [0, 0.1) is 23.7 Å². The third-order valence-electron chi connectivity index (χ3n) is 4.25. The average Bonchev–Trinajstić information content (AvgIpc) is 2.55. The summed E-state index contributed by atoms with van der Waals surface area (Å²) in [5.41, 5.74) is 2.74. The lowest BCUT2D eigenvalue weighted by atomic mass is 9.96. The zero-order valence-corrected chi connectivity index (χ0v) is 14.4. The molecular formula is C18H26N2O3. The van der Waals surface area contributed by atoms with Crippen LogP contribution in [0.25, 0.3) is 0 Å². The maximum Gasteiger partial charge on any atom is 0.221 e. The number of ether oxygens (including phenoxy) is 3. The van der Waals surface area contributed by atoms with Gasteiger partial charge in [-0.05, 0) is 42.9 Å². The van der Waals surface area contributed by atoms with Crippen molar-refractivity contribution < 1.29 is 14.2 Å². The summed E-state index contributed by atoms with van der Waals surface area (Å²) in [5.74, 6) is 1.30. The van der Waals surface area contributed by atoms with Gasteiger partial charge >= 0.3 is 0 Å². The van der Waals surface area contributed by atoms with E-state index in [1.807, 2.05) is 19.1 Å². The third kappa shape index (κ3) is 4.10. The Morgan fingerprint density at radius 2 is 1.87 bits per heavy atom. The Kier molecular flexibility index (Phi) is 5.77. The van der Waals surface area contributed by atoms with E-state index in [1.54, 1.807) is 7.11 Å². The van der Waals surface area contributed by atoms with Crippen molar-refractivity contribution in [3.8, 4) is 5.75 Å². The largest absolute Gasteiger partial charge is 0.496 e. The van der Waals surface area contributed by atoms with Gasteiger partial charge in [0.25, 0.3) is 0 Å². The van der Waals surface area contributed by atoms with Gasteiger partial charge in [0.15, 0.2) is 5.90 Å². The first-order valence-corrected chi connectivity index (χ1v) is 8.05. The summed E-state index contributed by atoms with van der Waals surface area (Å²) in [4.78, 5) is 0. The molecule has 0 radical (unpaired) electrons. The maximum atomic E-state index is 8.22. The summed E-state index contributed by atoms with van der Waals surface area (Å²) in [5, 5.41) is 16.3. The number of hydrogen-bond acceptors (Lipinski definition) is 5. The summed E-state index contributed by atoms with van der Waals surface area (Å²) < 4.78 is 16.3. The minimum Gasteiger partial charge on any atom is -0.496 e. The van der Waals surface area contributed by atoms with E-state index in [1.165, 1.54) is 0 Å². The summed E-state index contributed by atoms with van der Waals surface area (Å²) >= 11 is 0. The first-order valence-electron chi connectivity index (χ1n) is 8.05. The maximum absolute atomic E-state index is 8.22. The lowest BCUT2D eigenvalue weighted by molar-refractivity contribution is 0.0788. The fourth-order valence-corrected chi connectivity index (χ4v) is 2.79. The molecule has 2 rings (SSSR count). The predicted octanol–water partition coefficient (Wildman–Crippen LogP) is 3.87. The Morgan fingerprint density at radius 3 is 2.43 bits per heavy atom. The molecule has 1 aromatic rings. The van der Waals surface area contributed by atoms with E-state index in [0.29, 0.717) is 24.7 Å². The van der Waals surface area contributed by atoms with Crippen molar-refractivity contribution in [1.29, 1.82) is 10.8 Å². The molecule has 0 saturated carbocycles. The van der Waals surface area contributed by atoms with E-state index >= 15 is 0 Å². The zero-order valence-electron chi connectivity index (χ0n) is 14.4. The fourth-order valence-electron chi connectivity index (χ4n) is 2.79. The highest BCUT2D eigenvalue weighted by atomic mass is 16.5. The summed E-state index contributed by atoms with van der Waals surface area (Å²) in [7, 11) is 1.63. The van der Waals surface area contributed by atoms with Gasteiger partial charge in [-0.2, -0.15) is 0 Å². The van der Waals surface area contributed by atoms with Gasteiger partial charge in [-0.15, -0.1) is 0 Å². The fraction of sp³-hybridized carbons (Fsp3) is 0.556. The molecule has 0 atom stereocenters. The zero-order chi connectivity index (χ0) is 17.0. The van der Waals surface area contributed by atoms with E-state index in [4.69, 9.17) is 25.0 Å². The molecule has 1 aromatic carbocycles. The molecular weight excluding hydrogens is 292 g/mol. The second kappa shape index (κ2) is 7.59. The van der Waals surface area contributed by atoms with E-state index in [-0.39, 0.29) is 17.7 Å². The molecule has 0 bridgehead atoms. The van der Waals surface area contributed by atoms with Crippen molar-refractivity contribution in [3.63, 3.8) is 0 Å². The molecule has 0 spiro atoms. The Morgan fingerprint density at radius 1 is 1.22 bits per heavy atom. The standard InChI is InChI=1S/C18H26N2O3/c1-11(2)14-9-12(3)15(10-16(14)21-4)18(20)23-17(19)13-5-7-22-8-6-13/h9-11,13,19-20H,5-8H2,1-4H3. The monoisotopic (exact) mass is 318 g/mol. The highest BCUT2D eigenvalue weighted by Gasteiger charge is 2.22. The van der Waals surface area contributed by atoms with Crippen LogP contribution in [0.4, 0.5) is 0 Å². The SMILES string of the molecule is COc1cc(C(=N)OC(=N)C2CCOCC2)c(C)cc1C(C)C. The van der Waals surface area contributed by atoms with E-state index < -0.39 is 0 Å². The highest BCUT2D eigenvalue weighted by molar-refractivity contribution is 6.01. The van der Waals surface area contributed by atoms with Crippen molar-refractivity contribution in [2.24, 2.45) is 5.92 Å². The molecule has 0 aromatic heterocycles. The van der Waals surface area contributed by atoms with Crippen LogP contribution in [0.5, 0.6) is 5.75 Å². The van der Waals surface area contributed by atoms with Gasteiger partial charge in [0.2, 0.25) is 5.90 Å². The topological polar surface area (TPSA) is 75.4 Å². The van der Waals surface area contributed by atoms with Gasteiger partial charge in [-0.25, -0.2) is 0 Å². The van der Waals surface area contributed by atoms with Crippen LogP contribution < -0.4 is 4.74 Å². The van der Waals surface area contributed by atoms with Crippen LogP contribution in [-0.4, -0.2) is 32.1 Å². The molecule has 23 heavy (non-hydrogen) atoms. The van der Waals surface area contributed by atoms with Crippen LogP contribution >= 0.6 is 0 Å². The normalized spacial score (nSPS) is 15.5. The van der Waals surface area contributed by atoms with Crippen molar-refractivity contribution in [2.45, 2.75) is 39.5 Å². The summed E-state index contributed by atoms with van der Waals surface area (Å²) in [6.07, 6.45) is 1.56. The molecule has 0 aliphatic carbocycles. The number of nitrogens with one attached hydrogen (secondary N) is 2. The van der Waals surface area contributed by atoms with Crippen LogP contribution in [0.3, 0.4) is 0 Å². The van der Waals surface area contributed by atoms with Gasteiger partial charge in [-0.1, -0.05) is 19.9 Å².